The second-order valence-electron chi connectivity index (χ2n) is 5.07. The zero-order valence-electron chi connectivity index (χ0n) is 9.58. The molecular weight excluding hydrogens is 206 g/mol. The summed E-state index contributed by atoms with van der Waals surface area (Å²) < 4.78 is 0. The second kappa shape index (κ2) is 4.05. The van der Waals surface area contributed by atoms with Gasteiger partial charge in [-0.15, -0.1) is 0 Å². The molecule has 0 bridgehead atoms. The monoisotopic (exact) mass is 225 g/mol. The first-order valence-corrected chi connectivity index (χ1v) is 5.86. The molecule has 5 heteroatoms. The first-order chi connectivity index (χ1) is 7.50. The normalized spacial score (nSPS) is 28.4. The van der Waals surface area contributed by atoms with Gasteiger partial charge in [-0.2, -0.15) is 0 Å². The first-order valence-electron chi connectivity index (χ1n) is 5.86. The highest BCUT2D eigenvalue weighted by atomic mass is 16.2. The second-order valence-corrected chi connectivity index (χ2v) is 5.07. The van der Waals surface area contributed by atoms with Gasteiger partial charge in [0.05, 0.1) is 5.54 Å². The van der Waals surface area contributed by atoms with E-state index in [0.717, 1.165) is 19.3 Å². The van der Waals surface area contributed by atoms with Gasteiger partial charge in [-0.05, 0) is 32.1 Å². The van der Waals surface area contributed by atoms with Gasteiger partial charge in [-0.25, -0.2) is 0 Å². The lowest BCUT2D eigenvalue weighted by Gasteiger charge is -2.24. The molecule has 0 spiro atoms. The van der Waals surface area contributed by atoms with E-state index in [1.54, 1.807) is 6.92 Å². The average molecular weight is 225 g/mol. The van der Waals surface area contributed by atoms with Crippen LogP contribution in [0, 0.1) is 5.92 Å². The quantitative estimate of drug-likeness (QED) is 0.603. The molecule has 2 amide bonds. The Kier molecular flexibility index (Phi) is 2.88. The molecule has 1 saturated heterocycles. The maximum Gasteiger partial charge on any atom is 0.240 e. The van der Waals surface area contributed by atoms with Crippen molar-refractivity contribution >= 4 is 11.8 Å². The Morgan fingerprint density at radius 3 is 2.75 bits per heavy atom. The van der Waals surface area contributed by atoms with Crippen LogP contribution in [0.25, 0.3) is 0 Å². The zero-order valence-corrected chi connectivity index (χ0v) is 9.58. The number of rotatable bonds is 4. The van der Waals surface area contributed by atoms with E-state index in [4.69, 9.17) is 5.73 Å². The number of carbonyl (C=O) groups is 2. The van der Waals surface area contributed by atoms with E-state index in [1.165, 1.54) is 0 Å². The molecule has 1 heterocycles. The standard InChI is InChI=1S/C11H19N3O2/c1-11(12,7-2-3-7)10(16)13-6-8-4-5-9(15)14-8/h7-8H,2-6,12H2,1H3,(H,13,16)(H,14,15). The van der Waals surface area contributed by atoms with Crippen LogP contribution in [0.3, 0.4) is 0 Å². The minimum absolute atomic E-state index is 0.0666. The molecule has 2 unspecified atom stereocenters. The molecule has 16 heavy (non-hydrogen) atoms. The predicted octanol–water partition coefficient (Wildman–Crippen LogP) is -0.491. The maximum absolute atomic E-state index is 11.8. The number of amides is 2. The van der Waals surface area contributed by atoms with Gasteiger partial charge in [0.1, 0.15) is 0 Å². The minimum Gasteiger partial charge on any atom is -0.352 e. The highest BCUT2D eigenvalue weighted by molar-refractivity contribution is 5.86. The molecule has 0 aromatic heterocycles. The molecule has 2 rings (SSSR count). The molecular formula is C11H19N3O2. The molecule has 2 aliphatic rings. The van der Waals surface area contributed by atoms with Gasteiger partial charge in [0.2, 0.25) is 11.8 Å². The smallest absolute Gasteiger partial charge is 0.240 e. The molecule has 0 aromatic carbocycles. The zero-order chi connectivity index (χ0) is 11.8. The van der Waals surface area contributed by atoms with Crippen LogP contribution in [-0.2, 0) is 9.59 Å². The molecule has 1 saturated carbocycles. The number of hydrogen-bond donors (Lipinski definition) is 3. The lowest BCUT2D eigenvalue weighted by Crippen LogP contribution is -2.55. The molecule has 4 N–H and O–H groups in total. The number of nitrogens with one attached hydrogen (secondary N) is 2. The van der Waals surface area contributed by atoms with E-state index in [-0.39, 0.29) is 17.9 Å². The van der Waals surface area contributed by atoms with E-state index >= 15 is 0 Å². The molecule has 2 fully saturated rings. The van der Waals surface area contributed by atoms with Gasteiger partial charge >= 0.3 is 0 Å². The topological polar surface area (TPSA) is 84.2 Å². The van der Waals surface area contributed by atoms with Crippen molar-refractivity contribution in [3.63, 3.8) is 0 Å². The van der Waals surface area contributed by atoms with Gasteiger partial charge in [-0.3, -0.25) is 9.59 Å². The van der Waals surface area contributed by atoms with Gasteiger partial charge in [0, 0.05) is 19.0 Å². The third-order valence-electron chi connectivity index (χ3n) is 3.51. The fourth-order valence-electron chi connectivity index (χ4n) is 2.11. The summed E-state index contributed by atoms with van der Waals surface area (Å²) in [4.78, 5) is 22.8. The van der Waals surface area contributed by atoms with Crippen LogP contribution in [0.4, 0.5) is 0 Å². The van der Waals surface area contributed by atoms with Crippen molar-refractivity contribution in [2.75, 3.05) is 6.54 Å². The van der Waals surface area contributed by atoms with Crippen molar-refractivity contribution in [1.82, 2.24) is 10.6 Å². The summed E-state index contributed by atoms with van der Waals surface area (Å²) in [6.07, 6.45) is 3.44. The Bertz CT molecular complexity index is 310. The maximum atomic E-state index is 11.8. The third kappa shape index (κ3) is 2.35. The van der Waals surface area contributed by atoms with E-state index in [0.29, 0.717) is 18.9 Å². The van der Waals surface area contributed by atoms with E-state index in [2.05, 4.69) is 10.6 Å². The number of nitrogens with two attached hydrogens (primary N) is 1. The summed E-state index contributed by atoms with van der Waals surface area (Å²) in [5.74, 6) is 0.291. The lowest BCUT2D eigenvalue weighted by atomic mass is 9.96. The number of hydrogen-bond acceptors (Lipinski definition) is 3. The fourth-order valence-corrected chi connectivity index (χ4v) is 2.11. The summed E-state index contributed by atoms with van der Waals surface area (Å²) in [6, 6.07) is 0.0754. The van der Waals surface area contributed by atoms with Crippen LogP contribution in [0.15, 0.2) is 0 Å². The first kappa shape index (κ1) is 11.4. The van der Waals surface area contributed by atoms with Crippen molar-refractivity contribution in [2.24, 2.45) is 11.7 Å². The van der Waals surface area contributed by atoms with Crippen LogP contribution in [0.2, 0.25) is 0 Å². The van der Waals surface area contributed by atoms with Gasteiger partial charge in [0.25, 0.3) is 0 Å². The lowest BCUT2D eigenvalue weighted by molar-refractivity contribution is -0.126. The van der Waals surface area contributed by atoms with Gasteiger partial charge < -0.3 is 16.4 Å². The van der Waals surface area contributed by atoms with Crippen molar-refractivity contribution in [2.45, 2.75) is 44.2 Å². The molecule has 2 atom stereocenters. The van der Waals surface area contributed by atoms with Gasteiger partial charge in [-0.1, -0.05) is 0 Å². The van der Waals surface area contributed by atoms with Crippen LogP contribution < -0.4 is 16.4 Å². The Morgan fingerprint density at radius 2 is 2.25 bits per heavy atom. The number of carbonyl (C=O) groups excluding carboxylic acids is 2. The third-order valence-corrected chi connectivity index (χ3v) is 3.51. The van der Waals surface area contributed by atoms with E-state index in [9.17, 15) is 9.59 Å². The SMILES string of the molecule is CC(N)(C(=O)NCC1CCC(=O)N1)C1CC1. The minimum atomic E-state index is -0.747. The Hall–Kier alpha value is -1.10. The fraction of sp³-hybridized carbons (Fsp3) is 0.818. The van der Waals surface area contributed by atoms with Crippen LogP contribution in [0.1, 0.15) is 32.6 Å². The summed E-state index contributed by atoms with van der Waals surface area (Å²) >= 11 is 0. The van der Waals surface area contributed by atoms with Crippen LogP contribution in [0.5, 0.6) is 0 Å². The Labute approximate surface area is 95.1 Å². The average Bonchev–Trinajstić information content (AvgIpc) is 3.00. The molecule has 90 valence electrons. The molecule has 0 radical (unpaired) electrons. The van der Waals surface area contributed by atoms with Crippen LogP contribution >= 0.6 is 0 Å². The highest BCUT2D eigenvalue weighted by Gasteiger charge is 2.44. The van der Waals surface area contributed by atoms with Crippen molar-refractivity contribution in [1.29, 1.82) is 0 Å². The summed E-state index contributed by atoms with van der Waals surface area (Å²) in [5, 5.41) is 5.64. The molecule has 5 nitrogen and oxygen atoms in total. The molecule has 0 aromatic rings. The largest absolute Gasteiger partial charge is 0.352 e. The van der Waals surface area contributed by atoms with Crippen molar-refractivity contribution in [3.05, 3.63) is 0 Å². The van der Waals surface area contributed by atoms with E-state index < -0.39 is 5.54 Å². The molecule has 1 aliphatic carbocycles. The Balaban J connectivity index is 1.77. The van der Waals surface area contributed by atoms with Gasteiger partial charge in [0.15, 0.2) is 0 Å². The summed E-state index contributed by atoms with van der Waals surface area (Å²) in [6.45, 7) is 2.28. The van der Waals surface area contributed by atoms with E-state index in [1.807, 2.05) is 0 Å². The predicted molar refractivity (Wildman–Crippen MR) is 59.5 cm³/mol. The van der Waals surface area contributed by atoms with Crippen molar-refractivity contribution < 1.29 is 9.59 Å². The summed E-state index contributed by atoms with van der Waals surface area (Å²) in [5.41, 5.74) is 5.23. The summed E-state index contributed by atoms with van der Waals surface area (Å²) in [7, 11) is 0. The Morgan fingerprint density at radius 1 is 1.56 bits per heavy atom. The van der Waals surface area contributed by atoms with Crippen molar-refractivity contribution in [3.8, 4) is 0 Å². The van der Waals surface area contributed by atoms with Crippen LogP contribution in [-0.4, -0.2) is 29.9 Å². The molecule has 1 aliphatic heterocycles. The highest BCUT2D eigenvalue weighted by Crippen LogP contribution is 2.38.